The number of aromatic nitrogens is 8. The summed E-state index contributed by atoms with van der Waals surface area (Å²) < 4.78 is 0. The Morgan fingerprint density at radius 3 is 1.27 bits per heavy atom. The van der Waals surface area contributed by atoms with Gasteiger partial charge in [0.1, 0.15) is 22.7 Å². The topological polar surface area (TPSA) is 109 Å². The molecule has 0 unspecified atom stereocenters. The quantitative estimate of drug-likeness (QED) is 0.232. The van der Waals surface area contributed by atoms with Crippen LogP contribution in [-0.2, 0) is 0 Å². The summed E-state index contributed by atoms with van der Waals surface area (Å²) in [6.07, 6.45) is 7.62. The minimum Gasteiger partial charge on any atom is -0.285 e. The molecule has 0 spiro atoms. The third-order valence-corrected chi connectivity index (χ3v) is 7.89. The molecule has 8 rings (SSSR count). The summed E-state index contributed by atoms with van der Waals surface area (Å²) in [5, 5.41) is 23.2. The molecule has 0 amide bonds. The zero-order valence-corrected chi connectivity index (χ0v) is 22.6. The number of hydrogen-bond acceptors (Lipinski definition) is 6. The van der Waals surface area contributed by atoms with Crippen molar-refractivity contribution in [3.63, 3.8) is 0 Å². The molecule has 4 aromatic heterocycles. The fourth-order valence-electron chi connectivity index (χ4n) is 5.82. The highest BCUT2D eigenvalue weighted by molar-refractivity contribution is 6.25. The lowest BCUT2D eigenvalue weighted by molar-refractivity contribution is 0.799. The monoisotopic (exact) mass is 522 g/mol. The first-order valence-corrected chi connectivity index (χ1v) is 13.6. The lowest BCUT2D eigenvalue weighted by atomic mass is 9.94. The van der Waals surface area contributed by atoms with Crippen LogP contribution in [0.2, 0.25) is 0 Å². The van der Waals surface area contributed by atoms with Crippen molar-refractivity contribution in [3.8, 4) is 11.1 Å². The normalized spacial score (nSPS) is 12.4. The summed E-state index contributed by atoms with van der Waals surface area (Å²) in [6, 6.07) is 13.2. The van der Waals surface area contributed by atoms with Crippen molar-refractivity contribution >= 4 is 65.2 Å². The second-order valence-electron chi connectivity index (χ2n) is 11.1. The van der Waals surface area contributed by atoms with Gasteiger partial charge >= 0.3 is 0 Å². The van der Waals surface area contributed by atoms with Gasteiger partial charge in [-0.15, -0.1) is 0 Å². The van der Waals surface area contributed by atoms with Gasteiger partial charge in [-0.25, -0.2) is 19.9 Å². The molecule has 0 bridgehead atoms. The highest BCUT2D eigenvalue weighted by atomic mass is 15.1. The van der Waals surface area contributed by atoms with Crippen LogP contribution in [0.4, 0.5) is 0 Å². The Kier molecular flexibility index (Phi) is 4.74. The first-order valence-electron chi connectivity index (χ1n) is 13.6. The number of H-pyrrole nitrogens is 2. The number of rotatable bonds is 3. The lowest BCUT2D eigenvalue weighted by Gasteiger charge is -2.10. The molecule has 8 aromatic rings. The molecule has 0 saturated heterocycles. The van der Waals surface area contributed by atoms with Gasteiger partial charge < -0.3 is 0 Å². The van der Waals surface area contributed by atoms with Gasteiger partial charge in [0.2, 0.25) is 0 Å². The highest BCUT2D eigenvalue weighted by Gasteiger charge is 2.19. The lowest BCUT2D eigenvalue weighted by Crippen LogP contribution is -1.89. The smallest absolute Gasteiger partial charge is 0.132 e. The molecule has 0 radical (unpaired) electrons. The van der Waals surface area contributed by atoms with E-state index in [1.54, 1.807) is 0 Å². The number of benzene rings is 4. The molecule has 0 aliphatic heterocycles. The molecular weight excluding hydrogens is 496 g/mol. The molecule has 0 saturated carbocycles. The van der Waals surface area contributed by atoms with E-state index in [4.69, 9.17) is 19.9 Å². The van der Waals surface area contributed by atoms with E-state index in [1.165, 1.54) is 0 Å². The van der Waals surface area contributed by atoms with E-state index >= 15 is 0 Å². The minimum absolute atomic E-state index is 0.245. The number of nitrogens with zero attached hydrogens (tertiary/aromatic N) is 6. The van der Waals surface area contributed by atoms with Gasteiger partial charge in [-0.3, -0.25) is 10.2 Å². The van der Waals surface area contributed by atoms with E-state index in [0.717, 1.165) is 87.9 Å². The van der Waals surface area contributed by atoms with Gasteiger partial charge in [0.15, 0.2) is 0 Å². The van der Waals surface area contributed by atoms with Crippen LogP contribution in [-0.4, -0.2) is 40.3 Å². The predicted molar refractivity (Wildman–Crippen MR) is 161 cm³/mol. The third-order valence-electron chi connectivity index (χ3n) is 7.89. The molecule has 40 heavy (non-hydrogen) atoms. The largest absolute Gasteiger partial charge is 0.285 e. The van der Waals surface area contributed by atoms with Crippen LogP contribution < -0.4 is 0 Å². The molecule has 8 heteroatoms. The van der Waals surface area contributed by atoms with Crippen LogP contribution in [0.15, 0.2) is 61.2 Å². The second-order valence-corrected chi connectivity index (χ2v) is 11.1. The second kappa shape index (κ2) is 8.26. The van der Waals surface area contributed by atoms with Gasteiger partial charge in [0.05, 0.1) is 23.4 Å². The van der Waals surface area contributed by atoms with Crippen molar-refractivity contribution in [3.05, 3.63) is 72.8 Å². The molecular formula is C32H26N8. The SMILES string of the molecule is CC(C)c1nc2c3ccc(-c4ccc5c(c4)c4c[nH]ncc4c4nc(C(C)C)nc54)cc3c3c[nH]ncc3c2n1. The minimum atomic E-state index is 0.245. The Bertz CT molecular complexity index is 2130. The first kappa shape index (κ1) is 23.0. The first-order chi connectivity index (χ1) is 19.5. The zero-order chi connectivity index (χ0) is 27.1. The molecule has 4 aromatic carbocycles. The Hall–Kier alpha value is -4.98. The molecule has 0 atom stereocenters. The van der Waals surface area contributed by atoms with Crippen molar-refractivity contribution < 1.29 is 0 Å². The summed E-state index contributed by atoms with van der Waals surface area (Å²) in [5.74, 6) is 2.21. The van der Waals surface area contributed by atoms with Gasteiger partial charge in [-0.1, -0.05) is 52.0 Å². The molecule has 8 nitrogen and oxygen atoms in total. The van der Waals surface area contributed by atoms with Gasteiger partial charge in [0, 0.05) is 56.5 Å². The fourth-order valence-corrected chi connectivity index (χ4v) is 5.82. The van der Waals surface area contributed by atoms with Crippen LogP contribution in [0.25, 0.3) is 76.3 Å². The molecule has 0 aliphatic rings. The molecule has 194 valence electrons. The maximum Gasteiger partial charge on any atom is 0.132 e. The summed E-state index contributed by atoms with van der Waals surface area (Å²) in [5.41, 5.74) is 5.91. The summed E-state index contributed by atoms with van der Waals surface area (Å²) >= 11 is 0. The standard InChI is InChI=1S/C32H26N8/c1-15(2)31-37-27-19-7-5-17(9-21(19)23-11-33-35-13-25(23)29(27)39-31)18-6-8-20-22(10-18)24-12-34-36-14-26(24)30-28(20)38-32(40-30)16(3)4/h5-16,33-34H,1-4H3. The van der Waals surface area contributed by atoms with Gasteiger partial charge in [-0.05, 0) is 34.0 Å². The van der Waals surface area contributed by atoms with Crippen molar-refractivity contribution in [2.45, 2.75) is 39.5 Å². The number of fused-ring (bicyclic) bond motifs is 12. The van der Waals surface area contributed by atoms with Gasteiger partial charge in [-0.2, -0.15) is 10.2 Å². The predicted octanol–water partition coefficient (Wildman–Crippen LogP) is 7.55. The van der Waals surface area contributed by atoms with E-state index in [2.05, 4.69) is 84.5 Å². The summed E-state index contributed by atoms with van der Waals surface area (Å²) in [7, 11) is 0. The van der Waals surface area contributed by atoms with Crippen molar-refractivity contribution in [2.24, 2.45) is 0 Å². The van der Waals surface area contributed by atoms with Crippen LogP contribution in [0.5, 0.6) is 0 Å². The zero-order valence-electron chi connectivity index (χ0n) is 22.6. The Labute approximate surface area is 228 Å². The highest BCUT2D eigenvalue weighted by Crippen LogP contribution is 2.39. The maximum atomic E-state index is 4.94. The van der Waals surface area contributed by atoms with Gasteiger partial charge in [0.25, 0.3) is 0 Å². The van der Waals surface area contributed by atoms with Crippen LogP contribution in [0.3, 0.4) is 0 Å². The summed E-state index contributed by atoms with van der Waals surface area (Å²) in [6.45, 7) is 8.49. The van der Waals surface area contributed by atoms with E-state index < -0.39 is 0 Å². The number of nitrogens with one attached hydrogen (secondary N) is 2. The summed E-state index contributed by atoms with van der Waals surface area (Å²) in [4.78, 5) is 19.7. The van der Waals surface area contributed by atoms with Crippen LogP contribution in [0, 0.1) is 0 Å². The van der Waals surface area contributed by atoms with Crippen LogP contribution in [0.1, 0.15) is 51.2 Å². The maximum absolute atomic E-state index is 4.94. The third kappa shape index (κ3) is 3.19. The number of aromatic amines is 2. The molecule has 2 N–H and O–H groups in total. The average molecular weight is 523 g/mol. The Balaban J connectivity index is 1.41. The molecule has 4 heterocycles. The number of imidazole rings is 2. The van der Waals surface area contributed by atoms with E-state index in [0.29, 0.717) is 0 Å². The fraction of sp³-hybridized carbons (Fsp3) is 0.188. The van der Waals surface area contributed by atoms with E-state index in [1.807, 2.05) is 24.8 Å². The van der Waals surface area contributed by atoms with Crippen LogP contribution >= 0.6 is 0 Å². The Morgan fingerprint density at radius 1 is 0.475 bits per heavy atom. The average Bonchev–Trinajstić information content (AvgIpc) is 3.64. The van der Waals surface area contributed by atoms with Crippen molar-refractivity contribution in [1.82, 2.24) is 40.3 Å². The number of hydrogen-bond donors (Lipinski definition) is 2. The Morgan fingerprint density at radius 2 is 0.875 bits per heavy atom. The van der Waals surface area contributed by atoms with E-state index in [9.17, 15) is 0 Å². The van der Waals surface area contributed by atoms with Crippen molar-refractivity contribution in [1.29, 1.82) is 0 Å². The van der Waals surface area contributed by atoms with Crippen molar-refractivity contribution in [2.75, 3.05) is 0 Å². The van der Waals surface area contributed by atoms with E-state index in [-0.39, 0.29) is 11.8 Å². The molecule has 0 fully saturated rings. The molecule has 0 aliphatic carbocycles.